The summed E-state index contributed by atoms with van der Waals surface area (Å²) in [5, 5.41) is 0. The summed E-state index contributed by atoms with van der Waals surface area (Å²) in [6, 6.07) is 3.34. The fraction of sp³-hybridized carbons (Fsp3) is 0.600. The van der Waals surface area contributed by atoms with Crippen molar-refractivity contribution in [1.82, 2.24) is 4.90 Å². The monoisotopic (exact) mass is 379 g/mol. The number of esters is 1. The Balaban J connectivity index is 2.12. The molecule has 1 saturated carbocycles. The molecular weight excluding hydrogens is 350 g/mol. The predicted molar refractivity (Wildman–Crippen MR) is 101 cm³/mol. The van der Waals surface area contributed by atoms with E-state index in [9.17, 15) is 9.59 Å². The number of nitrogens with zero attached hydrogens (tertiary/aromatic N) is 1. The minimum absolute atomic E-state index is 0.176. The Morgan fingerprint density at radius 1 is 1.00 bits per heavy atom. The molecule has 1 amide bonds. The van der Waals surface area contributed by atoms with Crippen LogP contribution in [0.4, 0.5) is 0 Å². The Bertz CT molecular complexity index is 669. The number of hydrogen-bond acceptors (Lipinski definition) is 6. The third-order valence-corrected chi connectivity index (χ3v) is 5.03. The van der Waals surface area contributed by atoms with Gasteiger partial charge in [0.15, 0.2) is 17.6 Å². The van der Waals surface area contributed by atoms with E-state index < -0.39 is 12.1 Å². The maximum absolute atomic E-state index is 12.7. The topological polar surface area (TPSA) is 74.3 Å². The zero-order valence-corrected chi connectivity index (χ0v) is 16.7. The third-order valence-electron chi connectivity index (χ3n) is 5.03. The Kier molecular flexibility index (Phi) is 7.33. The zero-order valence-electron chi connectivity index (χ0n) is 16.7. The fourth-order valence-electron chi connectivity index (χ4n) is 3.47. The number of carbonyl (C=O) groups excluding carboxylic acids is 2. The molecule has 27 heavy (non-hydrogen) atoms. The van der Waals surface area contributed by atoms with Crippen molar-refractivity contribution >= 4 is 11.9 Å². The van der Waals surface area contributed by atoms with E-state index in [0.717, 1.165) is 25.7 Å². The molecule has 0 heterocycles. The molecule has 2 rings (SSSR count). The smallest absolute Gasteiger partial charge is 0.342 e. The SMILES string of the molecule is COc1ccc(C(=O)O[C@H](C)C(=O)N(C)C2CCCCC2)c(OC)c1OC. The van der Waals surface area contributed by atoms with Crippen molar-refractivity contribution in [3.63, 3.8) is 0 Å². The second-order valence-corrected chi connectivity index (χ2v) is 6.67. The van der Waals surface area contributed by atoms with Crippen molar-refractivity contribution in [2.24, 2.45) is 0 Å². The van der Waals surface area contributed by atoms with E-state index in [2.05, 4.69) is 0 Å². The quantitative estimate of drug-likeness (QED) is 0.678. The van der Waals surface area contributed by atoms with Gasteiger partial charge in [-0.1, -0.05) is 19.3 Å². The van der Waals surface area contributed by atoms with E-state index in [-0.39, 0.29) is 23.3 Å². The lowest BCUT2D eigenvalue weighted by Gasteiger charge is -2.32. The number of rotatable bonds is 7. The molecule has 0 saturated heterocycles. The number of likely N-dealkylation sites (N-methyl/N-ethyl adjacent to an activating group) is 1. The summed E-state index contributed by atoms with van der Waals surface area (Å²) in [6.45, 7) is 1.59. The summed E-state index contributed by atoms with van der Waals surface area (Å²) in [5.41, 5.74) is 0.176. The van der Waals surface area contributed by atoms with Crippen LogP contribution in [-0.2, 0) is 9.53 Å². The Morgan fingerprint density at radius 2 is 1.63 bits per heavy atom. The van der Waals surface area contributed by atoms with Crippen molar-refractivity contribution in [2.45, 2.75) is 51.2 Å². The van der Waals surface area contributed by atoms with E-state index >= 15 is 0 Å². The van der Waals surface area contributed by atoms with Gasteiger partial charge < -0.3 is 23.8 Å². The molecule has 1 fully saturated rings. The molecule has 0 bridgehead atoms. The van der Waals surface area contributed by atoms with Crippen LogP contribution in [0.5, 0.6) is 17.2 Å². The van der Waals surface area contributed by atoms with Gasteiger partial charge in [0, 0.05) is 13.1 Å². The lowest BCUT2D eigenvalue weighted by molar-refractivity contribution is -0.141. The van der Waals surface area contributed by atoms with Crippen molar-refractivity contribution in [2.75, 3.05) is 28.4 Å². The highest BCUT2D eigenvalue weighted by molar-refractivity contribution is 5.96. The Labute approximate surface area is 160 Å². The summed E-state index contributed by atoms with van der Waals surface area (Å²) in [7, 11) is 6.16. The molecule has 0 N–H and O–H groups in total. The van der Waals surface area contributed by atoms with Gasteiger partial charge in [-0.15, -0.1) is 0 Å². The van der Waals surface area contributed by atoms with Crippen LogP contribution in [-0.4, -0.2) is 57.3 Å². The third kappa shape index (κ3) is 4.64. The first-order chi connectivity index (χ1) is 12.9. The maximum Gasteiger partial charge on any atom is 0.342 e. The highest BCUT2D eigenvalue weighted by Gasteiger charge is 2.29. The number of ether oxygens (including phenoxy) is 4. The number of methoxy groups -OCH3 is 3. The fourth-order valence-corrected chi connectivity index (χ4v) is 3.47. The standard InChI is InChI=1S/C20H29NO6/c1-13(19(22)21(2)14-9-7-6-8-10-14)27-20(23)15-11-12-16(24-3)18(26-5)17(15)25-4/h11-14H,6-10H2,1-5H3/t13-/m1/s1. The highest BCUT2D eigenvalue weighted by Crippen LogP contribution is 2.40. The van der Waals surface area contributed by atoms with Crippen LogP contribution >= 0.6 is 0 Å². The summed E-state index contributed by atoms with van der Waals surface area (Å²) in [4.78, 5) is 27.0. The number of benzene rings is 1. The average molecular weight is 379 g/mol. The van der Waals surface area contributed by atoms with Crippen LogP contribution in [0, 0.1) is 0 Å². The molecule has 1 atom stereocenters. The molecule has 150 valence electrons. The van der Waals surface area contributed by atoms with Crippen molar-refractivity contribution in [3.05, 3.63) is 17.7 Å². The van der Waals surface area contributed by atoms with E-state index in [4.69, 9.17) is 18.9 Å². The van der Waals surface area contributed by atoms with Gasteiger partial charge in [0.05, 0.1) is 21.3 Å². The number of hydrogen-bond donors (Lipinski definition) is 0. The number of carbonyl (C=O) groups is 2. The molecule has 1 aliphatic carbocycles. The maximum atomic E-state index is 12.7. The molecule has 7 heteroatoms. The second kappa shape index (κ2) is 9.48. The van der Waals surface area contributed by atoms with Gasteiger partial charge in [-0.2, -0.15) is 0 Å². The van der Waals surface area contributed by atoms with Crippen molar-refractivity contribution in [3.8, 4) is 17.2 Å². The van der Waals surface area contributed by atoms with Gasteiger partial charge in [0.2, 0.25) is 5.75 Å². The summed E-state index contributed by atoms with van der Waals surface area (Å²) in [5.74, 6) is 0.0994. The first kappa shape index (κ1) is 20.9. The van der Waals surface area contributed by atoms with Crippen LogP contribution in [0.1, 0.15) is 49.4 Å². The van der Waals surface area contributed by atoms with E-state index in [1.165, 1.54) is 33.8 Å². The van der Waals surface area contributed by atoms with E-state index in [0.29, 0.717) is 11.5 Å². The summed E-state index contributed by atoms with van der Waals surface area (Å²) in [6.07, 6.45) is 4.56. The molecule has 0 radical (unpaired) electrons. The van der Waals surface area contributed by atoms with Crippen LogP contribution in [0.15, 0.2) is 12.1 Å². The van der Waals surface area contributed by atoms with E-state index in [1.807, 2.05) is 0 Å². The highest BCUT2D eigenvalue weighted by atomic mass is 16.6. The van der Waals surface area contributed by atoms with Crippen LogP contribution in [0.2, 0.25) is 0 Å². The van der Waals surface area contributed by atoms with E-state index in [1.54, 1.807) is 24.9 Å². The van der Waals surface area contributed by atoms with Crippen molar-refractivity contribution < 1.29 is 28.5 Å². The minimum Gasteiger partial charge on any atom is -0.493 e. The van der Waals surface area contributed by atoms with Gasteiger partial charge in [-0.25, -0.2) is 4.79 Å². The molecule has 0 aromatic heterocycles. The molecule has 0 unspecified atom stereocenters. The largest absolute Gasteiger partial charge is 0.493 e. The molecule has 1 aromatic rings. The van der Waals surface area contributed by atoms with Crippen LogP contribution in [0.25, 0.3) is 0 Å². The summed E-state index contributed by atoms with van der Waals surface area (Å²) < 4.78 is 21.2. The Morgan fingerprint density at radius 3 is 2.19 bits per heavy atom. The second-order valence-electron chi connectivity index (χ2n) is 6.67. The molecule has 1 aromatic carbocycles. The molecule has 7 nitrogen and oxygen atoms in total. The van der Waals surface area contributed by atoms with Gasteiger partial charge in [0.1, 0.15) is 5.56 Å². The minimum atomic E-state index is -0.887. The molecule has 1 aliphatic rings. The van der Waals surface area contributed by atoms with Crippen LogP contribution in [0.3, 0.4) is 0 Å². The zero-order chi connectivity index (χ0) is 20.0. The van der Waals surface area contributed by atoms with Gasteiger partial charge in [-0.3, -0.25) is 4.79 Å². The van der Waals surface area contributed by atoms with Gasteiger partial charge >= 0.3 is 5.97 Å². The first-order valence-corrected chi connectivity index (χ1v) is 9.21. The number of amides is 1. The molecule has 0 aliphatic heterocycles. The predicted octanol–water partition coefficient (Wildman–Crippen LogP) is 3.05. The lowest BCUT2D eigenvalue weighted by Crippen LogP contribution is -2.44. The van der Waals surface area contributed by atoms with Crippen molar-refractivity contribution in [1.29, 1.82) is 0 Å². The molecule has 0 spiro atoms. The summed E-state index contributed by atoms with van der Waals surface area (Å²) >= 11 is 0. The normalized spacial score (nSPS) is 15.6. The lowest BCUT2D eigenvalue weighted by atomic mass is 9.94. The van der Waals surface area contributed by atoms with Crippen LogP contribution < -0.4 is 14.2 Å². The molecular formula is C20H29NO6. The van der Waals surface area contributed by atoms with Gasteiger partial charge in [-0.05, 0) is 31.9 Å². The first-order valence-electron chi connectivity index (χ1n) is 9.21. The van der Waals surface area contributed by atoms with Gasteiger partial charge in [0.25, 0.3) is 5.91 Å². The Hall–Kier alpha value is -2.44. The average Bonchev–Trinajstić information content (AvgIpc) is 2.71.